The zero-order chi connectivity index (χ0) is 12.1. The van der Waals surface area contributed by atoms with E-state index in [1.54, 1.807) is 24.4 Å². The number of nitrogens with one attached hydrogen (secondary N) is 2. The molecule has 1 saturated carbocycles. The van der Waals surface area contributed by atoms with E-state index in [0.717, 1.165) is 12.8 Å². The van der Waals surface area contributed by atoms with Crippen LogP contribution in [-0.2, 0) is 4.79 Å². The lowest BCUT2D eigenvalue weighted by atomic mass is 10.3. The fraction of sp³-hybridized carbons (Fsp3) is 0.417. The van der Waals surface area contributed by atoms with Gasteiger partial charge in [-0.2, -0.15) is 0 Å². The first-order chi connectivity index (χ1) is 8.27. The molecule has 0 aromatic carbocycles. The summed E-state index contributed by atoms with van der Waals surface area (Å²) in [5, 5.41) is 5.47. The summed E-state index contributed by atoms with van der Waals surface area (Å²) in [5.41, 5.74) is 0.390. The van der Waals surface area contributed by atoms with Crippen molar-refractivity contribution in [3.8, 4) is 0 Å². The van der Waals surface area contributed by atoms with Crippen LogP contribution in [0.4, 0.5) is 0 Å². The number of nitrogens with zero attached hydrogens (tertiary/aromatic N) is 1. The lowest BCUT2D eigenvalue weighted by Crippen LogP contribution is -2.35. The highest BCUT2D eigenvalue weighted by Crippen LogP contribution is 2.28. The van der Waals surface area contributed by atoms with Gasteiger partial charge in [-0.15, -0.1) is 0 Å². The molecule has 90 valence electrons. The second kappa shape index (κ2) is 5.43. The molecule has 1 heterocycles. The molecule has 1 aliphatic rings. The van der Waals surface area contributed by atoms with Crippen LogP contribution >= 0.6 is 0 Å². The molecule has 0 bridgehead atoms. The highest BCUT2D eigenvalue weighted by atomic mass is 16.2. The number of pyridine rings is 1. The van der Waals surface area contributed by atoms with Gasteiger partial charge in [0.25, 0.3) is 5.91 Å². The maximum atomic E-state index is 11.5. The number of hydrogen-bond acceptors (Lipinski definition) is 3. The van der Waals surface area contributed by atoms with Crippen molar-refractivity contribution in [1.82, 2.24) is 15.6 Å². The van der Waals surface area contributed by atoms with Crippen LogP contribution in [0.3, 0.4) is 0 Å². The SMILES string of the molecule is O=C(NCCNC(=O)C1CC1)c1ccccn1. The van der Waals surface area contributed by atoms with E-state index in [-0.39, 0.29) is 17.7 Å². The van der Waals surface area contributed by atoms with E-state index in [4.69, 9.17) is 0 Å². The Kier molecular flexibility index (Phi) is 3.69. The largest absolute Gasteiger partial charge is 0.354 e. The first kappa shape index (κ1) is 11.6. The van der Waals surface area contributed by atoms with E-state index < -0.39 is 0 Å². The highest BCUT2D eigenvalue weighted by molar-refractivity contribution is 5.92. The van der Waals surface area contributed by atoms with Crippen LogP contribution in [0.25, 0.3) is 0 Å². The molecule has 0 radical (unpaired) electrons. The number of rotatable bonds is 5. The van der Waals surface area contributed by atoms with Crippen molar-refractivity contribution in [3.63, 3.8) is 0 Å². The van der Waals surface area contributed by atoms with Crippen LogP contribution in [0.5, 0.6) is 0 Å². The molecule has 17 heavy (non-hydrogen) atoms. The summed E-state index contributed by atoms with van der Waals surface area (Å²) >= 11 is 0. The van der Waals surface area contributed by atoms with Crippen molar-refractivity contribution in [3.05, 3.63) is 30.1 Å². The number of carbonyl (C=O) groups excluding carboxylic acids is 2. The molecule has 1 fully saturated rings. The third-order valence-corrected chi connectivity index (χ3v) is 2.56. The van der Waals surface area contributed by atoms with Crippen LogP contribution in [0.15, 0.2) is 24.4 Å². The van der Waals surface area contributed by atoms with E-state index in [1.165, 1.54) is 0 Å². The van der Waals surface area contributed by atoms with Crippen molar-refractivity contribution in [1.29, 1.82) is 0 Å². The minimum absolute atomic E-state index is 0.0945. The van der Waals surface area contributed by atoms with Crippen LogP contribution in [-0.4, -0.2) is 29.9 Å². The molecule has 2 amide bonds. The molecule has 1 aliphatic carbocycles. The van der Waals surface area contributed by atoms with Crippen LogP contribution in [0.1, 0.15) is 23.3 Å². The predicted molar refractivity (Wildman–Crippen MR) is 62.3 cm³/mol. The molecule has 0 saturated heterocycles. The Bertz CT molecular complexity index is 401. The van der Waals surface area contributed by atoms with Gasteiger partial charge in [-0.25, -0.2) is 0 Å². The fourth-order valence-corrected chi connectivity index (χ4v) is 1.44. The van der Waals surface area contributed by atoms with Gasteiger partial charge < -0.3 is 10.6 Å². The van der Waals surface area contributed by atoms with Gasteiger partial charge in [0.15, 0.2) is 0 Å². The summed E-state index contributed by atoms with van der Waals surface area (Å²) in [6.45, 7) is 0.891. The maximum absolute atomic E-state index is 11.5. The van der Waals surface area contributed by atoms with Gasteiger partial charge in [-0.1, -0.05) is 6.07 Å². The zero-order valence-electron chi connectivity index (χ0n) is 9.48. The van der Waals surface area contributed by atoms with Gasteiger partial charge in [0.05, 0.1) is 0 Å². The molecule has 0 unspecified atom stereocenters. The maximum Gasteiger partial charge on any atom is 0.269 e. The number of amides is 2. The zero-order valence-corrected chi connectivity index (χ0v) is 9.48. The third-order valence-electron chi connectivity index (χ3n) is 2.56. The lowest BCUT2D eigenvalue weighted by molar-refractivity contribution is -0.122. The molecule has 2 N–H and O–H groups in total. The Labute approximate surface area is 99.6 Å². The first-order valence-electron chi connectivity index (χ1n) is 5.74. The van der Waals surface area contributed by atoms with E-state index in [0.29, 0.717) is 18.8 Å². The quantitative estimate of drug-likeness (QED) is 0.720. The monoisotopic (exact) mass is 233 g/mol. The first-order valence-corrected chi connectivity index (χ1v) is 5.74. The molecule has 0 aliphatic heterocycles. The summed E-state index contributed by atoms with van der Waals surface area (Å²) in [6.07, 6.45) is 3.56. The van der Waals surface area contributed by atoms with Crippen LogP contribution in [0, 0.1) is 5.92 Å². The van der Waals surface area contributed by atoms with Gasteiger partial charge in [0.2, 0.25) is 5.91 Å². The molecular weight excluding hydrogens is 218 g/mol. The molecular formula is C12H15N3O2. The van der Waals surface area contributed by atoms with E-state index in [2.05, 4.69) is 15.6 Å². The van der Waals surface area contributed by atoms with Crippen molar-refractivity contribution < 1.29 is 9.59 Å². The van der Waals surface area contributed by atoms with E-state index >= 15 is 0 Å². The smallest absolute Gasteiger partial charge is 0.269 e. The summed E-state index contributed by atoms with van der Waals surface area (Å²) in [6, 6.07) is 5.17. The molecule has 0 atom stereocenters. The lowest BCUT2D eigenvalue weighted by Gasteiger charge is -2.05. The molecule has 5 heteroatoms. The predicted octanol–water partition coefficient (Wildman–Crippen LogP) is 0.338. The Morgan fingerprint density at radius 1 is 1.24 bits per heavy atom. The second-order valence-corrected chi connectivity index (χ2v) is 4.04. The standard InChI is InChI=1S/C12H15N3O2/c16-11(9-4-5-9)14-7-8-15-12(17)10-3-1-2-6-13-10/h1-3,6,9H,4-5,7-8H2,(H,14,16)(H,15,17). The fourth-order valence-electron chi connectivity index (χ4n) is 1.44. The van der Waals surface area contributed by atoms with Crippen molar-refractivity contribution in [2.75, 3.05) is 13.1 Å². The summed E-state index contributed by atoms with van der Waals surface area (Å²) in [7, 11) is 0. The summed E-state index contributed by atoms with van der Waals surface area (Å²) in [4.78, 5) is 26.8. The second-order valence-electron chi connectivity index (χ2n) is 4.04. The van der Waals surface area contributed by atoms with Crippen LogP contribution < -0.4 is 10.6 Å². The molecule has 1 aromatic rings. The number of carbonyl (C=O) groups is 2. The van der Waals surface area contributed by atoms with Crippen molar-refractivity contribution in [2.45, 2.75) is 12.8 Å². The van der Waals surface area contributed by atoms with Crippen LogP contribution in [0.2, 0.25) is 0 Å². The normalized spacial score (nSPS) is 14.1. The number of hydrogen-bond donors (Lipinski definition) is 2. The van der Waals surface area contributed by atoms with E-state index in [1.807, 2.05) is 0 Å². The minimum Gasteiger partial charge on any atom is -0.354 e. The highest BCUT2D eigenvalue weighted by Gasteiger charge is 2.28. The summed E-state index contributed by atoms with van der Waals surface area (Å²) < 4.78 is 0. The minimum atomic E-state index is -0.216. The average Bonchev–Trinajstić information content (AvgIpc) is 3.19. The van der Waals surface area contributed by atoms with Gasteiger partial charge in [-0.05, 0) is 25.0 Å². The molecule has 2 rings (SSSR count). The molecule has 0 spiro atoms. The van der Waals surface area contributed by atoms with E-state index in [9.17, 15) is 9.59 Å². The van der Waals surface area contributed by atoms with Crippen molar-refractivity contribution >= 4 is 11.8 Å². The Morgan fingerprint density at radius 3 is 2.65 bits per heavy atom. The Morgan fingerprint density at radius 2 is 2.00 bits per heavy atom. The summed E-state index contributed by atoms with van der Waals surface area (Å²) in [5.74, 6) is 0.0878. The van der Waals surface area contributed by atoms with Gasteiger partial charge in [0, 0.05) is 25.2 Å². The van der Waals surface area contributed by atoms with Gasteiger partial charge in [0.1, 0.15) is 5.69 Å². The Hall–Kier alpha value is -1.91. The third kappa shape index (κ3) is 3.55. The average molecular weight is 233 g/mol. The number of aromatic nitrogens is 1. The van der Waals surface area contributed by atoms with Gasteiger partial charge >= 0.3 is 0 Å². The topological polar surface area (TPSA) is 71.1 Å². The molecule has 1 aromatic heterocycles. The van der Waals surface area contributed by atoms with Crippen molar-refractivity contribution in [2.24, 2.45) is 5.92 Å². The van der Waals surface area contributed by atoms with Gasteiger partial charge in [-0.3, -0.25) is 14.6 Å². The Balaban J connectivity index is 1.65. The molecule has 5 nitrogen and oxygen atoms in total.